The maximum atomic E-state index is 12.2. The van der Waals surface area contributed by atoms with Crippen molar-refractivity contribution in [2.45, 2.75) is 13.1 Å². The van der Waals surface area contributed by atoms with Gasteiger partial charge in [0.25, 0.3) is 0 Å². The Morgan fingerprint density at radius 3 is 2.46 bits per heavy atom. The second kappa shape index (κ2) is 3.24. The molecule has 13 heavy (non-hydrogen) atoms. The number of aryl methyl sites for hydroxylation is 1. The Labute approximate surface area is 73.7 Å². The molecule has 0 spiro atoms. The van der Waals surface area contributed by atoms with Gasteiger partial charge in [-0.1, -0.05) is 6.08 Å². The predicted octanol–water partition coefficient (Wildman–Crippen LogP) is 2.47. The van der Waals surface area contributed by atoms with Gasteiger partial charge in [-0.15, -0.1) is 0 Å². The molecule has 0 atom stereocenters. The summed E-state index contributed by atoms with van der Waals surface area (Å²) in [7, 11) is 1.27. The van der Waals surface area contributed by atoms with E-state index >= 15 is 0 Å². The lowest BCUT2D eigenvalue weighted by molar-refractivity contribution is -0.143. The molecule has 0 aliphatic rings. The van der Waals surface area contributed by atoms with Gasteiger partial charge in [-0.3, -0.25) is 4.68 Å². The van der Waals surface area contributed by atoms with Crippen molar-refractivity contribution in [3.05, 3.63) is 23.5 Å². The maximum Gasteiger partial charge on any atom is 0.433 e. The van der Waals surface area contributed by atoms with Crippen molar-refractivity contribution in [3.63, 3.8) is 0 Å². The number of alkyl halides is 3. The second-order valence-corrected chi connectivity index (χ2v) is 2.58. The zero-order chi connectivity index (χ0) is 10.1. The minimum Gasteiger partial charge on any atom is -0.263 e. The van der Waals surface area contributed by atoms with E-state index < -0.39 is 11.9 Å². The van der Waals surface area contributed by atoms with Crippen molar-refractivity contribution in [2.75, 3.05) is 0 Å². The Morgan fingerprint density at radius 2 is 2.08 bits per heavy atom. The van der Waals surface area contributed by atoms with Crippen LogP contribution in [-0.4, -0.2) is 9.78 Å². The van der Waals surface area contributed by atoms with Crippen LogP contribution < -0.4 is 0 Å². The zero-order valence-electron chi connectivity index (χ0n) is 7.26. The molecular weight excluding hydrogens is 181 g/mol. The molecule has 0 fully saturated rings. The molecule has 1 rings (SSSR count). The topological polar surface area (TPSA) is 17.8 Å². The predicted molar refractivity (Wildman–Crippen MR) is 42.9 cm³/mol. The summed E-state index contributed by atoms with van der Waals surface area (Å²) >= 11 is 0. The van der Waals surface area contributed by atoms with Gasteiger partial charge in [-0.25, -0.2) is 0 Å². The molecule has 1 aromatic rings. The van der Waals surface area contributed by atoms with Gasteiger partial charge < -0.3 is 0 Å². The van der Waals surface area contributed by atoms with E-state index in [0.29, 0.717) is 5.69 Å². The van der Waals surface area contributed by atoms with E-state index in [2.05, 4.69) is 5.10 Å². The first-order chi connectivity index (χ1) is 5.95. The third-order valence-corrected chi connectivity index (χ3v) is 1.53. The smallest absolute Gasteiger partial charge is 0.263 e. The van der Waals surface area contributed by atoms with E-state index in [4.69, 9.17) is 0 Å². The average Bonchev–Trinajstić information content (AvgIpc) is 2.30. The van der Waals surface area contributed by atoms with Crippen molar-refractivity contribution in [1.29, 1.82) is 0 Å². The summed E-state index contributed by atoms with van der Waals surface area (Å²) in [4.78, 5) is 0. The summed E-state index contributed by atoms with van der Waals surface area (Å²) in [5, 5.41) is 3.68. The fourth-order valence-corrected chi connectivity index (χ4v) is 1.01. The van der Waals surface area contributed by atoms with Crippen LogP contribution in [0.3, 0.4) is 0 Å². The molecule has 1 heterocycles. The fourth-order valence-electron chi connectivity index (χ4n) is 1.01. The summed E-state index contributed by atoms with van der Waals surface area (Å²) in [5.74, 6) is 0. The zero-order valence-corrected chi connectivity index (χ0v) is 7.26. The third kappa shape index (κ3) is 2.11. The molecule has 72 valence electrons. The maximum absolute atomic E-state index is 12.2. The molecule has 1 aromatic heterocycles. The van der Waals surface area contributed by atoms with Gasteiger partial charge in [0.05, 0.1) is 5.69 Å². The Bertz CT molecular complexity index is 323. The average molecular weight is 190 g/mol. The Balaban J connectivity index is 3.10. The van der Waals surface area contributed by atoms with Gasteiger partial charge in [0, 0.05) is 7.05 Å². The van der Waals surface area contributed by atoms with Gasteiger partial charge in [0.2, 0.25) is 0 Å². The molecule has 0 N–H and O–H groups in total. The molecule has 5 heteroatoms. The molecule has 0 saturated carbocycles. The Hall–Kier alpha value is -1.26. The summed E-state index contributed by atoms with van der Waals surface area (Å²) in [6.45, 7) is 1.72. The van der Waals surface area contributed by atoms with Crippen LogP contribution in [0.15, 0.2) is 12.1 Å². The van der Waals surface area contributed by atoms with Crippen LogP contribution in [0.4, 0.5) is 13.2 Å². The summed E-state index contributed by atoms with van der Waals surface area (Å²) in [5.41, 5.74) is -0.419. The van der Waals surface area contributed by atoms with E-state index in [1.165, 1.54) is 13.1 Å². The van der Waals surface area contributed by atoms with E-state index in [9.17, 15) is 13.2 Å². The van der Waals surface area contributed by atoms with Crippen LogP contribution >= 0.6 is 0 Å². The highest BCUT2D eigenvalue weighted by atomic mass is 19.4. The van der Waals surface area contributed by atoms with Gasteiger partial charge in [0.1, 0.15) is 5.69 Å². The highest BCUT2D eigenvalue weighted by Gasteiger charge is 2.34. The fraction of sp³-hybridized carbons (Fsp3) is 0.375. The van der Waals surface area contributed by atoms with Gasteiger partial charge >= 0.3 is 6.18 Å². The molecule has 0 unspecified atom stereocenters. The van der Waals surface area contributed by atoms with Crippen LogP contribution in [0.5, 0.6) is 0 Å². The van der Waals surface area contributed by atoms with E-state index in [0.717, 1.165) is 10.7 Å². The lowest BCUT2D eigenvalue weighted by Crippen LogP contribution is -2.11. The number of hydrogen-bond acceptors (Lipinski definition) is 1. The van der Waals surface area contributed by atoms with E-state index in [1.54, 1.807) is 13.0 Å². The number of rotatable bonds is 1. The number of aromatic nitrogens is 2. The highest BCUT2D eigenvalue weighted by Crippen LogP contribution is 2.29. The Morgan fingerprint density at radius 1 is 1.46 bits per heavy atom. The van der Waals surface area contributed by atoms with E-state index in [1.807, 2.05) is 0 Å². The molecule has 0 saturated heterocycles. The minimum absolute atomic E-state index is 0.317. The number of halogens is 3. The molecule has 0 amide bonds. The van der Waals surface area contributed by atoms with Crippen molar-refractivity contribution in [1.82, 2.24) is 9.78 Å². The summed E-state index contributed by atoms with van der Waals surface area (Å²) in [6.07, 6.45) is -1.17. The SMILES string of the molecule is C/C=C/c1cc(C(F)(F)F)n(C)n1. The quantitative estimate of drug-likeness (QED) is 0.665. The van der Waals surface area contributed by atoms with Crippen LogP contribution in [0, 0.1) is 0 Å². The normalized spacial score (nSPS) is 12.7. The van der Waals surface area contributed by atoms with E-state index in [-0.39, 0.29) is 0 Å². The first-order valence-electron chi connectivity index (χ1n) is 3.69. The second-order valence-electron chi connectivity index (χ2n) is 2.58. The van der Waals surface area contributed by atoms with Crippen LogP contribution in [-0.2, 0) is 13.2 Å². The first-order valence-corrected chi connectivity index (χ1v) is 3.69. The first kappa shape index (κ1) is 9.83. The van der Waals surface area contributed by atoms with Gasteiger partial charge in [0.15, 0.2) is 0 Å². The molecule has 0 bridgehead atoms. The molecule has 0 aliphatic heterocycles. The monoisotopic (exact) mass is 190 g/mol. The number of nitrogens with zero attached hydrogens (tertiary/aromatic N) is 2. The largest absolute Gasteiger partial charge is 0.433 e. The Kier molecular flexibility index (Phi) is 2.45. The molecule has 0 aromatic carbocycles. The van der Waals surface area contributed by atoms with Crippen molar-refractivity contribution >= 4 is 6.08 Å². The standard InChI is InChI=1S/C8H9F3N2/c1-3-4-6-5-7(8(9,10)11)13(2)12-6/h3-5H,1-2H3/b4-3+. The lowest BCUT2D eigenvalue weighted by Gasteiger charge is -2.04. The molecular formula is C8H9F3N2. The minimum atomic E-state index is -4.33. The third-order valence-electron chi connectivity index (χ3n) is 1.53. The number of hydrogen-bond donors (Lipinski definition) is 0. The van der Waals surface area contributed by atoms with Crippen molar-refractivity contribution in [2.24, 2.45) is 7.05 Å². The lowest BCUT2D eigenvalue weighted by atomic mass is 10.3. The van der Waals surface area contributed by atoms with Gasteiger partial charge in [-0.05, 0) is 19.1 Å². The summed E-state index contributed by atoms with van der Waals surface area (Å²) in [6, 6.07) is 1.01. The number of allylic oxidation sites excluding steroid dienone is 1. The van der Waals surface area contributed by atoms with Crippen molar-refractivity contribution in [3.8, 4) is 0 Å². The highest BCUT2D eigenvalue weighted by molar-refractivity contribution is 5.44. The van der Waals surface area contributed by atoms with Gasteiger partial charge in [-0.2, -0.15) is 18.3 Å². The van der Waals surface area contributed by atoms with Crippen LogP contribution in [0.2, 0.25) is 0 Å². The molecule has 2 nitrogen and oxygen atoms in total. The molecule has 0 aliphatic carbocycles. The van der Waals surface area contributed by atoms with Crippen molar-refractivity contribution < 1.29 is 13.2 Å². The van der Waals surface area contributed by atoms with Crippen LogP contribution in [0.1, 0.15) is 18.3 Å². The van der Waals surface area contributed by atoms with Crippen LogP contribution in [0.25, 0.3) is 6.08 Å². The molecule has 0 radical (unpaired) electrons. The summed E-state index contributed by atoms with van der Waals surface area (Å²) < 4.78 is 37.5.